The number of anilines is 1. The summed E-state index contributed by atoms with van der Waals surface area (Å²) >= 11 is 3.35. The van der Waals surface area contributed by atoms with Crippen molar-refractivity contribution in [2.75, 3.05) is 12.4 Å². The highest BCUT2D eigenvalue weighted by molar-refractivity contribution is 9.10. The minimum atomic E-state index is -0.000157. The molecule has 0 saturated heterocycles. The minimum Gasteiger partial charge on any atom is -0.379 e. The summed E-state index contributed by atoms with van der Waals surface area (Å²) in [6.45, 7) is 0.615. The molecular formula is C15H16BrN3O. The van der Waals surface area contributed by atoms with Gasteiger partial charge in [0.15, 0.2) is 0 Å². The van der Waals surface area contributed by atoms with E-state index in [2.05, 4.69) is 31.5 Å². The zero-order valence-electron chi connectivity index (χ0n) is 11.2. The lowest BCUT2D eigenvalue weighted by atomic mass is 10.1. The minimum absolute atomic E-state index is 0.000157. The topological polar surface area (TPSA) is 54.0 Å². The van der Waals surface area contributed by atoms with E-state index >= 15 is 0 Å². The molecule has 0 atom stereocenters. The number of pyridine rings is 1. The molecule has 0 radical (unpaired) electrons. The Morgan fingerprint density at radius 1 is 1.20 bits per heavy atom. The number of nitrogens with one attached hydrogen (secondary N) is 2. The van der Waals surface area contributed by atoms with Gasteiger partial charge in [-0.25, -0.2) is 4.98 Å². The predicted molar refractivity (Wildman–Crippen MR) is 83.5 cm³/mol. The van der Waals surface area contributed by atoms with Crippen LogP contribution in [0.2, 0.25) is 0 Å². The van der Waals surface area contributed by atoms with Crippen molar-refractivity contribution in [2.45, 2.75) is 13.0 Å². The van der Waals surface area contributed by atoms with Gasteiger partial charge < -0.3 is 10.6 Å². The number of hydrogen-bond donors (Lipinski definition) is 2. The van der Waals surface area contributed by atoms with Crippen molar-refractivity contribution in [2.24, 2.45) is 0 Å². The Labute approximate surface area is 126 Å². The van der Waals surface area contributed by atoms with Gasteiger partial charge in [-0.3, -0.25) is 4.79 Å². The second kappa shape index (κ2) is 7.05. The third kappa shape index (κ3) is 4.06. The van der Waals surface area contributed by atoms with E-state index in [0.717, 1.165) is 21.5 Å². The Morgan fingerprint density at radius 3 is 2.75 bits per heavy atom. The highest BCUT2D eigenvalue weighted by Gasteiger charge is 2.06. The van der Waals surface area contributed by atoms with Crippen molar-refractivity contribution in [3.8, 4) is 0 Å². The molecule has 0 bridgehead atoms. The van der Waals surface area contributed by atoms with E-state index in [-0.39, 0.29) is 5.91 Å². The summed E-state index contributed by atoms with van der Waals surface area (Å²) in [7, 11) is 1.64. The Balaban J connectivity index is 2.07. The molecular weight excluding hydrogens is 318 g/mol. The SMILES string of the molecule is CNC(=O)Cc1ccccc1NCc1cccc(Br)n1. The van der Waals surface area contributed by atoms with Crippen LogP contribution in [0.4, 0.5) is 5.69 Å². The van der Waals surface area contributed by atoms with E-state index in [1.807, 2.05) is 42.5 Å². The number of carbonyl (C=O) groups is 1. The summed E-state index contributed by atoms with van der Waals surface area (Å²) in [6, 6.07) is 13.6. The van der Waals surface area contributed by atoms with Crippen molar-refractivity contribution < 1.29 is 4.79 Å². The van der Waals surface area contributed by atoms with E-state index in [4.69, 9.17) is 0 Å². The first kappa shape index (κ1) is 14.5. The molecule has 1 aromatic carbocycles. The van der Waals surface area contributed by atoms with Crippen molar-refractivity contribution in [3.05, 3.63) is 58.3 Å². The number of halogens is 1. The fourth-order valence-corrected chi connectivity index (χ4v) is 2.22. The number of para-hydroxylation sites is 1. The number of amides is 1. The normalized spacial score (nSPS) is 10.1. The fourth-order valence-electron chi connectivity index (χ4n) is 1.84. The smallest absolute Gasteiger partial charge is 0.224 e. The predicted octanol–water partition coefficient (Wildman–Crippen LogP) is 2.74. The Bertz CT molecular complexity index is 601. The van der Waals surface area contributed by atoms with E-state index in [1.54, 1.807) is 7.05 Å². The third-order valence-electron chi connectivity index (χ3n) is 2.88. The van der Waals surface area contributed by atoms with Gasteiger partial charge in [0.2, 0.25) is 5.91 Å². The summed E-state index contributed by atoms with van der Waals surface area (Å²) in [5.41, 5.74) is 2.87. The lowest BCUT2D eigenvalue weighted by molar-refractivity contribution is -0.119. The van der Waals surface area contributed by atoms with Gasteiger partial charge in [-0.15, -0.1) is 0 Å². The van der Waals surface area contributed by atoms with Gasteiger partial charge >= 0.3 is 0 Å². The third-order valence-corrected chi connectivity index (χ3v) is 3.32. The molecule has 20 heavy (non-hydrogen) atoms. The van der Waals surface area contributed by atoms with Gasteiger partial charge in [-0.05, 0) is 39.7 Å². The van der Waals surface area contributed by atoms with Crippen LogP contribution >= 0.6 is 15.9 Å². The Hall–Kier alpha value is -1.88. The molecule has 2 rings (SSSR count). The molecule has 1 heterocycles. The molecule has 1 amide bonds. The molecule has 4 nitrogen and oxygen atoms in total. The average Bonchev–Trinajstić information content (AvgIpc) is 2.46. The highest BCUT2D eigenvalue weighted by atomic mass is 79.9. The first-order chi connectivity index (χ1) is 9.69. The van der Waals surface area contributed by atoms with Crippen LogP contribution in [0.3, 0.4) is 0 Å². The van der Waals surface area contributed by atoms with Crippen LogP contribution in [0.1, 0.15) is 11.3 Å². The largest absolute Gasteiger partial charge is 0.379 e. The van der Waals surface area contributed by atoms with Crippen LogP contribution in [-0.2, 0) is 17.8 Å². The highest BCUT2D eigenvalue weighted by Crippen LogP contribution is 2.17. The Kier molecular flexibility index (Phi) is 5.12. The Morgan fingerprint density at radius 2 is 2.00 bits per heavy atom. The van der Waals surface area contributed by atoms with E-state index in [0.29, 0.717) is 13.0 Å². The number of benzene rings is 1. The molecule has 5 heteroatoms. The number of nitrogens with zero attached hydrogens (tertiary/aromatic N) is 1. The maximum absolute atomic E-state index is 11.5. The van der Waals surface area contributed by atoms with Crippen LogP contribution in [-0.4, -0.2) is 17.9 Å². The summed E-state index contributed by atoms with van der Waals surface area (Å²) < 4.78 is 0.815. The number of rotatable bonds is 5. The van der Waals surface area contributed by atoms with Crippen molar-refractivity contribution in [1.82, 2.24) is 10.3 Å². The molecule has 2 N–H and O–H groups in total. The van der Waals surface area contributed by atoms with Gasteiger partial charge in [0.1, 0.15) is 4.60 Å². The number of hydrogen-bond acceptors (Lipinski definition) is 3. The number of aromatic nitrogens is 1. The van der Waals surface area contributed by atoms with Crippen LogP contribution < -0.4 is 10.6 Å². The molecule has 0 fully saturated rings. The summed E-state index contributed by atoms with van der Waals surface area (Å²) in [5.74, 6) is -0.000157. The molecule has 104 valence electrons. The van der Waals surface area contributed by atoms with Crippen LogP contribution in [0, 0.1) is 0 Å². The maximum Gasteiger partial charge on any atom is 0.224 e. The zero-order valence-corrected chi connectivity index (χ0v) is 12.8. The number of carbonyl (C=O) groups excluding carboxylic acids is 1. The van der Waals surface area contributed by atoms with Gasteiger partial charge in [-0.2, -0.15) is 0 Å². The van der Waals surface area contributed by atoms with Crippen molar-refractivity contribution in [3.63, 3.8) is 0 Å². The van der Waals surface area contributed by atoms with Gasteiger partial charge in [0.05, 0.1) is 18.7 Å². The molecule has 0 aliphatic rings. The van der Waals surface area contributed by atoms with Crippen LogP contribution in [0.15, 0.2) is 47.1 Å². The van der Waals surface area contributed by atoms with Gasteiger partial charge in [-0.1, -0.05) is 24.3 Å². The lowest BCUT2D eigenvalue weighted by Gasteiger charge is -2.11. The fraction of sp³-hybridized carbons (Fsp3) is 0.200. The van der Waals surface area contributed by atoms with Crippen molar-refractivity contribution >= 4 is 27.5 Å². The van der Waals surface area contributed by atoms with Crippen LogP contribution in [0.25, 0.3) is 0 Å². The van der Waals surface area contributed by atoms with E-state index in [1.165, 1.54) is 0 Å². The molecule has 1 aromatic heterocycles. The molecule has 0 aliphatic heterocycles. The lowest BCUT2D eigenvalue weighted by Crippen LogP contribution is -2.20. The van der Waals surface area contributed by atoms with Crippen LogP contribution in [0.5, 0.6) is 0 Å². The molecule has 2 aromatic rings. The maximum atomic E-state index is 11.5. The summed E-state index contributed by atoms with van der Waals surface area (Å²) in [5, 5.41) is 5.96. The number of likely N-dealkylation sites (N-methyl/N-ethyl adjacent to an activating group) is 1. The second-order valence-electron chi connectivity index (χ2n) is 4.31. The van der Waals surface area contributed by atoms with Crippen molar-refractivity contribution in [1.29, 1.82) is 0 Å². The monoisotopic (exact) mass is 333 g/mol. The van der Waals surface area contributed by atoms with Gasteiger partial charge in [0.25, 0.3) is 0 Å². The zero-order chi connectivity index (χ0) is 14.4. The summed E-state index contributed by atoms with van der Waals surface area (Å²) in [4.78, 5) is 15.9. The second-order valence-corrected chi connectivity index (χ2v) is 5.12. The standard InChI is InChI=1S/C15H16BrN3O/c1-17-15(20)9-11-5-2-3-7-13(11)18-10-12-6-4-8-14(16)19-12/h2-8,18H,9-10H2,1H3,(H,17,20). The molecule has 0 unspecified atom stereocenters. The summed E-state index contributed by atoms with van der Waals surface area (Å²) in [6.07, 6.45) is 0.367. The van der Waals surface area contributed by atoms with E-state index in [9.17, 15) is 4.79 Å². The molecule has 0 spiro atoms. The first-order valence-corrected chi connectivity index (χ1v) is 7.12. The molecule has 0 saturated carbocycles. The molecule has 0 aliphatic carbocycles. The average molecular weight is 334 g/mol. The van der Waals surface area contributed by atoms with E-state index < -0.39 is 0 Å². The van der Waals surface area contributed by atoms with Gasteiger partial charge in [0, 0.05) is 12.7 Å². The first-order valence-electron chi connectivity index (χ1n) is 6.33. The quantitative estimate of drug-likeness (QED) is 0.827.